The molecule has 0 bridgehead atoms. The molecule has 1 saturated heterocycles. The summed E-state index contributed by atoms with van der Waals surface area (Å²) in [5, 5.41) is 13.0. The summed E-state index contributed by atoms with van der Waals surface area (Å²) in [5.74, 6) is 0.770. The number of amides is 1. The SMILES string of the molecule is CCNc1ccc(C(=O)N2CCC(C)(O)CC2)cn1. The number of carbonyl (C=O) groups excluding carboxylic acids is 1. The highest BCUT2D eigenvalue weighted by Crippen LogP contribution is 2.22. The van der Waals surface area contributed by atoms with Gasteiger partial charge in [0.15, 0.2) is 0 Å². The summed E-state index contributed by atoms with van der Waals surface area (Å²) in [7, 11) is 0. The van der Waals surface area contributed by atoms with Crippen LogP contribution in [0.2, 0.25) is 0 Å². The second-order valence-corrected chi connectivity index (χ2v) is 5.25. The molecule has 0 spiro atoms. The van der Waals surface area contributed by atoms with Gasteiger partial charge in [-0.25, -0.2) is 4.98 Å². The van der Waals surface area contributed by atoms with Gasteiger partial charge in [-0.3, -0.25) is 4.79 Å². The fourth-order valence-corrected chi connectivity index (χ4v) is 2.18. The number of rotatable bonds is 3. The van der Waals surface area contributed by atoms with Crippen LogP contribution in [0.15, 0.2) is 18.3 Å². The lowest BCUT2D eigenvalue weighted by atomic mass is 9.93. The largest absolute Gasteiger partial charge is 0.390 e. The van der Waals surface area contributed by atoms with Gasteiger partial charge in [-0.05, 0) is 38.8 Å². The van der Waals surface area contributed by atoms with Crippen molar-refractivity contribution in [3.8, 4) is 0 Å². The molecule has 0 radical (unpaired) electrons. The maximum Gasteiger partial charge on any atom is 0.255 e. The van der Waals surface area contributed by atoms with Gasteiger partial charge in [-0.2, -0.15) is 0 Å². The summed E-state index contributed by atoms with van der Waals surface area (Å²) in [6.45, 7) is 5.82. The Morgan fingerprint density at radius 1 is 1.47 bits per heavy atom. The normalized spacial score (nSPS) is 18.2. The van der Waals surface area contributed by atoms with Crippen LogP contribution in [0.1, 0.15) is 37.0 Å². The molecule has 2 N–H and O–H groups in total. The van der Waals surface area contributed by atoms with Crippen LogP contribution >= 0.6 is 0 Å². The Morgan fingerprint density at radius 2 is 2.16 bits per heavy atom. The summed E-state index contributed by atoms with van der Waals surface area (Å²) >= 11 is 0. The van der Waals surface area contributed by atoms with Gasteiger partial charge >= 0.3 is 0 Å². The molecule has 1 fully saturated rings. The Kier molecular flexibility index (Phi) is 4.04. The Labute approximate surface area is 113 Å². The van der Waals surface area contributed by atoms with Crippen molar-refractivity contribution in [1.29, 1.82) is 0 Å². The van der Waals surface area contributed by atoms with E-state index in [1.165, 1.54) is 0 Å². The minimum atomic E-state index is -0.635. The fourth-order valence-electron chi connectivity index (χ4n) is 2.18. The smallest absolute Gasteiger partial charge is 0.255 e. The van der Waals surface area contributed by atoms with E-state index in [1.807, 2.05) is 19.9 Å². The van der Waals surface area contributed by atoms with E-state index in [4.69, 9.17) is 0 Å². The average molecular weight is 263 g/mol. The van der Waals surface area contributed by atoms with Crippen molar-refractivity contribution in [3.63, 3.8) is 0 Å². The zero-order valence-corrected chi connectivity index (χ0v) is 11.5. The number of hydrogen-bond donors (Lipinski definition) is 2. The molecule has 0 unspecified atom stereocenters. The van der Waals surface area contributed by atoms with Crippen LogP contribution in [0.25, 0.3) is 0 Å². The van der Waals surface area contributed by atoms with Gasteiger partial charge < -0.3 is 15.3 Å². The number of pyridine rings is 1. The Balaban J connectivity index is 2.00. The standard InChI is InChI=1S/C14H21N3O2/c1-3-15-12-5-4-11(10-16-12)13(18)17-8-6-14(2,19)7-9-17/h4-5,10,19H,3,6-9H2,1-2H3,(H,15,16). The van der Waals surface area contributed by atoms with Crippen LogP contribution in [-0.2, 0) is 0 Å². The highest BCUT2D eigenvalue weighted by Gasteiger charge is 2.29. The lowest BCUT2D eigenvalue weighted by Crippen LogP contribution is -2.45. The van der Waals surface area contributed by atoms with E-state index >= 15 is 0 Å². The van der Waals surface area contributed by atoms with Crippen molar-refractivity contribution in [2.75, 3.05) is 25.0 Å². The quantitative estimate of drug-likeness (QED) is 0.867. The van der Waals surface area contributed by atoms with Crippen molar-refractivity contribution < 1.29 is 9.90 Å². The summed E-state index contributed by atoms with van der Waals surface area (Å²) in [6, 6.07) is 3.61. The second-order valence-electron chi connectivity index (χ2n) is 5.25. The van der Waals surface area contributed by atoms with E-state index in [2.05, 4.69) is 10.3 Å². The van der Waals surface area contributed by atoms with Crippen LogP contribution in [0.5, 0.6) is 0 Å². The zero-order chi connectivity index (χ0) is 13.9. The van der Waals surface area contributed by atoms with Crippen LogP contribution < -0.4 is 5.32 Å². The maximum absolute atomic E-state index is 12.3. The van der Waals surface area contributed by atoms with E-state index in [1.54, 1.807) is 17.2 Å². The van der Waals surface area contributed by atoms with Gasteiger partial charge in [0.1, 0.15) is 5.82 Å². The Bertz CT molecular complexity index is 433. The molecular formula is C14H21N3O2. The molecule has 0 atom stereocenters. The predicted molar refractivity (Wildman–Crippen MR) is 74.2 cm³/mol. The van der Waals surface area contributed by atoms with Crippen molar-refractivity contribution in [3.05, 3.63) is 23.9 Å². The Morgan fingerprint density at radius 3 is 2.68 bits per heavy atom. The van der Waals surface area contributed by atoms with Crippen molar-refractivity contribution in [2.45, 2.75) is 32.3 Å². The number of likely N-dealkylation sites (tertiary alicyclic amines) is 1. The summed E-state index contributed by atoms with van der Waals surface area (Å²) < 4.78 is 0. The van der Waals surface area contributed by atoms with E-state index < -0.39 is 5.60 Å². The highest BCUT2D eigenvalue weighted by atomic mass is 16.3. The number of piperidine rings is 1. The monoisotopic (exact) mass is 263 g/mol. The lowest BCUT2D eigenvalue weighted by Gasteiger charge is -2.35. The minimum absolute atomic E-state index is 0.00829. The molecule has 1 amide bonds. The molecule has 5 nitrogen and oxygen atoms in total. The number of nitrogens with zero attached hydrogens (tertiary/aromatic N) is 2. The number of hydrogen-bond acceptors (Lipinski definition) is 4. The molecule has 2 rings (SSSR count). The lowest BCUT2D eigenvalue weighted by molar-refractivity contribution is -0.00203. The molecule has 1 aliphatic heterocycles. The fraction of sp³-hybridized carbons (Fsp3) is 0.571. The van der Waals surface area contributed by atoms with Crippen LogP contribution in [0, 0.1) is 0 Å². The van der Waals surface area contributed by atoms with Gasteiger partial charge in [-0.1, -0.05) is 0 Å². The van der Waals surface area contributed by atoms with Crippen molar-refractivity contribution in [1.82, 2.24) is 9.88 Å². The molecule has 104 valence electrons. The number of aliphatic hydroxyl groups is 1. The third kappa shape index (κ3) is 3.44. The first-order valence-electron chi connectivity index (χ1n) is 6.73. The number of nitrogens with one attached hydrogen (secondary N) is 1. The summed E-state index contributed by atoms with van der Waals surface area (Å²) in [5.41, 5.74) is -0.0348. The van der Waals surface area contributed by atoms with E-state index in [0.29, 0.717) is 31.5 Å². The van der Waals surface area contributed by atoms with E-state index in [-0.39, 0.29) is 5.91 Å². The topological polar surface area (TPSA) is 65.5 Å². The van der Waals surface area contributed by atoms with E-state index in [9.17, 15) is 9.90 Å². The first kappa shape index (κ1) is 13.8. The number of aromatic nitrogens is 1. The predicted octanol–water partition coefficient (Wildman–Crippen LogP) is 1.50. The van der Waals surface area contributed by atoms with Gasteiger partial charge in [0.25, 0.3) is 5.91 Å². The first-order valence-corrected chi connectivity index (χ1v) is 6.73. The van der Waals surface area contributed by atoms with Crippen LogP contribution in [0.4, 0.5) is 5.82 Å². The third-order valence-corrected chi connectivity index (χ3v) is 3.50. The minimum Gasteiger partial charge on any atom is -0.390 e. The maximum atomic E-state index is 12.3. The van der Waals surface area contributed by atoms with Crippen molar-refractivity contribution >= 4 is 11.7 Å². The molecule has 1 aromatic heterocycles. The van der Waals surface area contributed by atoms with Gasteiger partial charge in [-0.15, -0.1) is 0 Å². The molecule has 0 saturated carbocycles. The van der Waals surface area contributed by atoms with Gasteiger partial charge in [0.2, 0.25) is 0 Å². The zero-order valence-electron chi connectivity index (χ0n) is 11.5. The van der Waals surface area contributed by atoms with Crippen LogP contribution in [0.3, 0.4) is 0 Å². The third-order valence-electron chi connectivity index (χ3n) is 3.50. The van der Waals surface area contributed by atoms with Gasteiger partial charge in [0.05, 0.1) is 11.2 Å². The average Bonchev–Trinajstić information content (AvgIpc) is 2.39. The molecule has 5 heteroatoms. The van der Waals surface area contributed by atoms with Crippen molar-refractivity contribution in [2.24, 2.45) is 0 Å². The first-order chi connectivity index (χ1) is 9.02. The number of carbonyl (C=O) groups is 1. The molecule has 1 aliphatic rings. The van der Waals surface area contributed by atoms with Crippen LogP contribution in [-0.4, -0.2) is 46.1 Å². The van der Waals surface area contributed by atoms with E-state index in [0.717, 1.165) is 12.4 Å². The summed E-state index contributed by atoms with van der Waals surface area (Å²) in [6.07, 6.45) is 2.86. The molecule has 19 heavy (non-hydrogen) atoms. The number of anilines is 1. The summed E-state index contributed by atoms with van der Waals surface area (Å²) in [4.78, 5) is 18.2. The molecule has 0 aromatic carbocycles. The van der Waals surface area contributed by atoms with Gasteiger partial charge in [0, 0.05) is 25.8 Å². The molecule has 2 heterocycles. The highest BCUT2D eigenvalue weighted by molar-refractivity contribution is 5.94. The Hall–Kier alpha value is -1.62. The molecular weight excluding hydrogens is 242 g/mol. The molecule has 1 aromatic rings. The second kappa shape index (κ2) is 5.57. The molecule has 0 aliphatic carbocycles.